The van der Waals surface area contributed by atoms with Crippen molar-refractivity contribution in [3.05, 3.63) is 39.5 Å². The second-order valence-corrected chi connectivity index (χ2v) is 5.78. The van der Waals surface area contributed by atoms with Crippen molar-refractivity contribution in [1.82, 2.24) is 4.72 Å². The van der Waals surface area contributed by atoms with Gasteiger partial charge in [-0.15, -0.1) is 0 Å². The second-order valence-electron chi connectivity index (χ2n) is 4.07. The summed E-state index contributed by atoms with van der Waals surface area (Å²) >= 11 is 0. The number of rotatable bonds is 6. The normalized spacial score (nSPS) is 11.1. The van der Waals surface area contributed by atoms with Crippen molar-refractivity contribution in [2.24, 2.45) is 5.11 Å². The highest BCUT2D eigenvalue weighted by Gasteiger charge is 2.19. The highest BCUT2D eigenvalue weighted by atomic mass is 32.2. The Labute approximate surface area is 111 Å². The zero-order valence-corrected chi connectivity index (χ0v) is 11.5. The van der Waals surface area contributed by atoms with Crippen LogP contribution in [0.1, 0.15) is 17.5 Å². The van der Waals surface area contributed by atoms with Crippen LogP contribution in [0, 0.1) is 19.7 Å². The Hall–Kier alpha value is -1.63. The average molecular weight is 286 g/mol. The standard InChI is InChI=1S/C11H15FN4O2S/c1-8-6-10(12)7-9(2)11(8)19(17,18)15-5-3-4-14-16-13/h6-7,15H,3-5H2,1-2H3. The molecule has 8 heteroatoms. The van der Waals surface area contributed by atoms with E-state index in [1.54, 1.807) is 13.8 Å². The molecule has 0 atom stereocenters. The molecule has 0 heterocycles. The molecule has 1 aromatic carbocycles. The van der Waals surface area contributed by atoms with Crippen LogP contribution in [0.5, 0.6) is 0 Å². The van der Waals surface area contributed by atoms with E-state index < -0.39 is 15.8 Å². The van der Waals surface area contributed by atoms with Gasteiger partial charge in [-0.1, -0.05) is 5.11 Å². The molecule has 0 aliphatic carbocycles. The number of sulfonamides is 1. The van der Waals surface area contributed by atoms with Crippen LogP contribution in [-0.2, 0) is 10.0 Å². The Morgan fingerprint density at radius 3 is 2.47 bits per heavy atom. The van der Waals surface area contributed by atoms with Gasteiger partial charge in [0.2, 0.25) is 10.0 Å². The predicted octanol–water partition coefficient (Wildman–Crippen LogP) is 2.42. The first kappa shape index (κ1) is 15.4. The predicted molar refractivity (Wildman–Crippen MR) is 69.7 cm³/mol. The van der Waals surface area contributed by atoms with E-state index in [-0.39, 0.29) is 18.0 Å². The summed E-state index contributed by atoms with van der Waals surface area (Å²) in [5.41, 5.74) is 8.81. The number of hydrogen-bond donors (Lipinski definition) is 1. The molecule has 1 aromatic rings. The summed E-state index contributed by atoms with van der Waals surface area (Å²) in [4.78, 5) is 2.67. The number of benzene rings is 1. The third-order valence-corrected chi connectivity index (χ3v) is 4.25. The van der Waals surface area contributed by atoms with Crippen molar-refractivity contribution in [2.45, 2.75) is 25.2 Å². The van der Waals surface area contributed by atoms with Crippen LogP contribution in [0.3, 0.4) is 0 Å². The lowest BCUT2D eigenvalue weighted by Gasteiger charge is -2.11. The summed E-state index contributed by atoms with van der Waals surface area (Å²) in [5, 5.41) is 3.31. The molecule has 1 N–H and O–H groups in total. The zero-order chi connectivity index (χ0) is 14.5. The van der Waals surface area contributed by atoms with Gasteiger partial charge < -0.3 is 0 Å². The molecule has 0 aromatic heterocycles. The Morgan fingerprint density at radius 1 is 1.37 bits per heavy atom. The molecule has 0 saturated carbocycles. The Morgan fingerprint density at radius 2 is 1.95 bits per heavy atom. The maximum Gasteiger partial charge on any atom is 0.241 e. The average Bonchev–Trinajstić information content (AvgIpc) is 2.26. The van der Waals surface area contributed by atoms with E-state index in [0.717, 1.165) is 0 Å². The molecular formula is C11H15FN4O2S. The minimum atomic E-state index is -3.68. The maximum atomic E-state index is 13.1. The number of aryl methyl sites for hydroxylation is 2. The van der Waals surface area contributed by atoms with Gasteiger partial charge in [0.05, 0.1) is 4.90 Å². The monoisotopic (exact) mass is 286 g/mol. The van der Waals surface area contributed by atoms with Crippen molar-refractivity contribution >= 4 is 10.0 Å². The summed E-state index contributed by atoms with van der Waals surface area (Å²) in [5.74, 6) is -0.461. The number of halogens is 1. The van der Waals surface area contributed by atoms with E-state index in [2.05, 4.69) is 14.7 Å². The quantitative estimate of drug-likeness (QED) is 0.376. The first-order valence-electron chi connectivity index (χ1n) is 5.66. The highest BCUT2D eigenvalue weighted by Crippen LogP contribution is 2.21. The molecule has 0 aliphatic rings. The van der Waals surface area contributed by atoms with Gasteiger partial charge in [-0.25, -0.2) is 17.5 Å². The molecule has 0 aliphatic heterocycles. The lowest BCUT2D eigenvalue weighted by atomic mass is 10.1. The van der Waals surface area contributed by atoms with E-state index in [4.69, 9.17) is 5.53 Å². The minimum absolute atomic E-state index is 0.0951. The van der Waals surface area contributed by atoms with E-state index in [9.17, 15) is 12.8 Å². The van der Waals surface area contributed by atoms with Crippen LogP contribution in [0.4, 0.5) is 4.39 Å². The Kier molecular flexibility index (Phi) is 5.29. The van der Waals surface area contributed by atoms with Crippen LogP contribution in [0.15, 0.2) is 22.1 Å². The van der Waals surface area contributed by atoms with Crippen molar-refractivity contribution in [1.29, 1.82) is 0 Å². The summed E-state index contributed by atoms with van der Waals surface area (Å²) in [6.45, 7) is 3.48. The lowest BCUT2D eigenvalue weighted by Crippen LogP contribution is -2.26. The summed E-state index contributed by atoms with van der Waals surface area (Å²) < 4.78 is 39.7. The van der Waals surface area contributed by atoms with Crippen LogP contribution in [0.25, 0.3) is 10.4 Å². The molecule has 6 nitrogen and oxygen atoms in total. The molecule has 0 fully saturated rings. The van der Waals surface area contributed by atoms with Crippen molar-refractivity contribution < 1.29 is 12.8 Å². The lowest BCUT2D eigenvalue weighted by molar-refractivity contribution is 0.576. The molecule has 104 valence electrons. The summed E-state index contributed by atoms with van der Waals surface area (Å²) in [7, 11) is -3.68. The minimum Gasteiger partial charge on any atom is -0.211 e. The molecule has 0 radical (unpaired) electrons. The fourth-order valence-electron chi connectivity index (χ4n) is 1.79. The number of hydrogen-bond acceptors (Lipinski definition) is 3. The van der Waals surface area contributed by atoms with Gasteiger partial charge in [0.15, 0.2) is 0 Å². The maximum absolute atomic E-state index is 13.1. The van der Waals surface area contributed by atoms with Crippen LogP contribution in [-0.4, -0.2) is 21.5 Å². The van der Waals surface area contributed by atoms with Gasteiger partial charge in [-0.3, -0.25) is 0 Å². The summed E-state index contributed by atoms with van der Waals surface area (Å²) in [6, 6.07) is 2.36. The van der Waals surface area contributed by atoms with Gasteiger partial charge in [0.25, 0.3) is 0 Å². The number of azide groups is 1. The van der Waals surface area contributed by atoms with Gasteiger partial charge in [-0.05, 0) is 49.1 Å². The smallest absolute Gasteiger partial charge is 0.211 e. The van der Waals surface area contributed by atoms with Gasteiger partial charge in [0, 0.05) is 18.0 Å². The Bertz CT molecular complexity index is 586. The van der Waals surface area contributed by atoms with E-state index in [1.807, 2.05) is 0 Å². The first-order valence-corrected chi connectivity index (χ1v) is 7.14. The summed E-state index contributed by atoms with van der Waals surface area (Å²) in [6.07, 6.45) is 0.405. The van der Waals surface area contributed by atoms with Gasteiger partial charge in [0.1, 0.15) is 5.82 Å². The van der Waals surface area contributed by atoms with E-state index >= 15 is 0 Å². The third-order valence-electron chi connectivity index (χ3n) is 2.48. The van der Waals surface area contributed by atoms with Crippen LogP contribution < -0.4 is 4.72 Å². The highest BCUT2D eigenvalue weighted by molar-refractivity contribution is 7.89. The largest absolute Gasteiger partial charge is 0.241 e. The van der Waals surface area contributed by atoms with Crippen LogP contribution in [0.2, 0.25) is 0 Å². The van der Waals surface area contributed by atoms with E-state index in [0.29, 0.717) is 17.5 Å². The van der Waals surface area contributed by atoms with E-state index in [1.165, 1.54) is 12.1 Å². The fraction of sp³-hybridized carbons (Fsp3) is 0.455. The molecule has 19 heavy (non-hydrogen) atoms. The molecule has 0 saturated heterocycles. The Balaban J connectivity index is 2.86. The zero-order valence-electron chi connectivity index (χ0n) is 10.7. The van der Waals surface area contributed by atoms with Gasteiger partial charge in [-0.2, -0.15) is 0 Å². The fourth-order valence-corrected chi connectivity index (χ4v) is 3.32. The third kappa shape index (κ3) is 4.20. The van der Waals surface area contributed by atoms with Crippen molar-refractivity contribution in [3.63, 3.8) is 0 Å². The second kappa shape index (κ2) is 6.51. The number of nitrogens with zero attached hydrogens (tertiary/aromatic N) is 3. The topological polar surface area (TPSA) is 94.9 Å². The molecule has 0 amide bonds. The van der Waals surface area contributed by atoms with Crippen molar-refractivity contribution in [3.8, 4) is 0 Å². The molecule has 0 bridgehead atoms. The first-order chi connectivity index (χ1) is 8.88. The molecule has 1 rings (SSSR count). The molecule has 0 spiro atoms. The van der Waals surface area contributed by atoms with Crippen molar-refractivity contribution in [2.75, 3.05) is 13.1 Å². The molecule has 0 unspecified atom stereocenters. The van der Waals surface area contributed by atoms with Gasteiger partial charge >= 0.3 is 0 Å². The molecular weight excluding hydrogens is 271 g/mol. The SMILES string of the molecule is Cc1cc(F)cc(C)c1S(=O)(=O)NCCCN=[N+]=[N-]. The van der Waals surface area contributed by atoms with Crippen LogP contribution >= 0.6 is 0 Å². The number of nitrogens with one attached hydrogen (secondary N) is 1.